The number of hydrogen-bond donors (Lipinski definition) is 2. The van der Waals surface area contributed by atoms with Crippen molar-refractivity contribution in [3.8, 4) is 5.75 Å². The maximum Gasteiger partial charge on any atom is 0.191 e. The molecular weight excluding hydrogens is 493 g/mol. The van der Waals surface area contributed by atoms with Crippen LogP contribution in [0.15, 0.2) is 23.2 Å². The summed E-state index contributed by atoms with van der Waals surface area (Å²) in [6.45, 7) is 8.93. The van der Waals surface area contributed by atoms with Crippen molar-refractivity contribution >= 4 is 39.8 Å². The van der Waals surface area contributed by atoms with Crippen LogP contribution in [0.3, 0.4) is 0 Å². The molecule has 7 nitrogen and oxygen atoms in total. The smallest absolute Gasteiger partial charge is 0.191 e. The summed E-state index contributed by atoms with van der Waals surface area (Å²) < 4.78 is 34.4. The summed E-state index contributed by atoms with van der Waals surface area (Å²) in [4.78, 5) is 4.15. The first-order chi connectivity index (χ1) is 12.6. The number of aryl methyl sites for hydroxylation is 1. The molecular formula is C19H34IN3O4S. The van der Waals surface area contributed by atoms with Gasteiger partial charge in [-0.2, -0.15) is 0 Å². The number of nitrogens with one attached hydrogen (secondary N) is 2. The molecule has 1 aromatic rings. The highest BCUT2D eigenvalue weighted by molar-refractivity contribution is 14.0. The number of nitrogens with zero attached hydrogens (tertiary/aromatic N) is 1. The van der Waals surface area contributed by atoms with Gasteiger partial charge in [0.2, 0.25) is 0 Å². The lowest BCUT2D eigenvalue weighted by Crippen LogP contribution is -2.41. The van der Waals surface area contributed by atoms with Gasteiger partial charge in [0.1, 0.15) is 12.4 Å². The van der Waals surface area contributed by atoms with Crippen LogP contribution in [0.2, 0.25) is 0 Å². The molecule has 2 N–H and O–H groups in total. The van der Waals surface area contributed by atoms with Crippen LogP contribution in [-0.4, -0.2) is 58.8 Å². The number of benzene rings is 1. The second-order valence-corrected chi connectivity index (χ2v) is 10.1. The third-order valence-corrected chi connectivity index (χ3v) is 6.64. The molecule has 0 saturated carbocycles. The minimum Gasteiger partial charge on any atom is -0.491 e. The Kier molecular flexibility index (Phi) is 12.0. The lowest BCUT2D eigenvalue weighted by molar-refractivity contribution is 0.145. The van der Waals surface area contributed by atoms with Gasteiger partial charge < -0.3 is 20.1 Å². The first-order valence-corrected chi connectivity index (χ1v) is 10.6. The third kappa shape index (κ3) is 8.95. The molecule has 0 unspecified atom stereocenters. The van der Waals surface area contributed by atoms with Crippen molar-refractivity contribution in [3.05, 3.63) is 29.3 Å². The van der Waals surface area contributed by atoms with E-state index in [0.717, 1.165) is 16.9 Å². The van der Waals surface area contributed by atoms with Gasteiger partial charge >= 0.3 is 0 Å². The van der Waals surface area contributed by atoms with Crippen LogP contribution in [0.25, 0.3) is 0 Å². The van der Waals surface area contributed by atoms with E-state index < -0.39 is 14.6 Å². The Morgan fingerprint density at radius 3 is 2.43 bits per heavy atom. The van der Waals surface area contributed by atoms with E-state index in [9.17, 15) is 8.42 Å². The number of sulfone groups is 1. The van der Waals surface area contributed by atoms with Crippen molar-refractivity contribution in [1.82, 2.24) is 10.6 Å². The number of rotatable bonds is 9. The van der Waals surface area contributed by atoms with E-state index in [-0.39, 0.29) is 29.7 Å². The molecule has 0 heterocycles. The minimum atomic E-state index is -3.17. The molecule has 0 aliphatic rings. The Balaban J connectivity index is 0.00000729. The Morgan fingerprint density at radius 1 is 1.18 bits per heavy atom. The van der Waals surface area contributed by atoms with Crippen LogP contribution >= 0.6 is 24.0 Å². The SMILES string of the molecule is CN=C(NCCS(=O)(=O)C(C)(C)C)NCc1ccc(C)cc1OCCOC.I. The van der Waals surface area contributed by atoms with Gasteiger partial charge in [-0.15, -0.1) is 24.0 Å². The summed E-state index contributed by atoms with van der Waals surface area (Å²) in [5, 5.41) is 6.24. The Labute approximate surface area is 186 Å². The van der Waals surface area contributed by atoms with Crippen molar-refractivity contribution in [3.63, 3.8) is 0 Å². The van der Waals surface area contributed by atoms with Crippen LogP contribution < -0.4 is 15.4 Å². The van der Waals surface area contributed by atoms with Gasteiger partial charge in [-0.05, 0) is 39.3 Å². The lowest BCUT2D eigenvalue weighted by atomic mass is 10.1. The van der Waals surface area contributed by atoms with Gasteiger partial charge in [-0.3, -0.25) is 4.99 Å². The quantitative estimate of drug-likeness (QED) is 0.222. The van der Waals surface area contributed by atoms with Crippen molar-refractivity contribution in [2.75, 3.05) is 39.7 Å². The molecule has 0 atom stereocenters. The molecule has 1 aromatic carbocycles. The minimum absolute atomic E-state index is 0. The van der Waals surface area contributed by atoms with Gasteiger partial charge in [0.25, 0.3) is 0 Å². The second-order valence-electron chi connectivity index (χ2n) is 7.24. The number of hydrogen-bond acceptors (Lipinski definition) is 5. The van der Waals surface area contributed by atoms with Gasteiger partial charge in [0, 0.05) is 32.8 Å². The summed E-state index contributed by atoms with van der Waals surface area (Å²) in [5.74, 6) is 1.39. The van der Waals surface area contributed by atoms with E-state index in [4.69, 9.17) is 9.47 Å². The van der Waals surface area contributed by atoms with Crippen LogP contribution in [0.5, 0.6) is 5.75 Å². The topological polar surface area (TPSA) is 89.0 Å². The summed E-state index contributed by atoms with van der Waals surface area (Å²) in [5.41, 5.74) is 2.10. The predicted molar refractivity (Wildman–Crippen MR) is 126 cm³/mol. The average molecular weight is 527 g/mol. The number of ether oxygens (including phenoxy) is 2. The fourth-order valence-electron chi connectivity index (χ4n) is 2.19. The zero-order chi connectivity index (χ0) is 20.5. The summed E-state index contributed by atoms with van der Waals surface area (Å²) in [6.07, 6.45) is 0. The first-order valence-electron chi connectivity index (χ1n) is 8.99. The molecule has 0 bridgehead atoms. The monoisotopic (exact) mass is 527 g/mol. The van der Waals surface area contributed by atoms with Gasteiger partial charge in [-0.1, -0.05) is 12.1 Å². The highest BCUT2D eigenvalue weighted by Crippen LogP contribution is 2.20. The molecule has 28 heavy (non-hydrogen) atoms. The zero-order valence-corrected chi connectivity index (χ0v) is 20.8. The van der Waals surface area contributed by atoms with Crippen LogP contribution in [0, 0.1) is 6.92 Å². The Morgan fingerprint density at radius 2 is 1.86 bits per heavy atom. The average Bonchev–Trinajstić information content (AvgIpc) is 2.58. The van der Waals surface area contributed by atoms with Crippen LogP contribution in [0.4, 0.5) is 0 Å². The number of guanidine groups is 1. The Hall–Kier alpha value is -1.07. The van der Waals surface area contributed by atoms with Crippen molar-refractivity contribution in [2.24, 2.45) is 4.99 Å². The molecule has 1 rings (SSSR count). The molecule has 0 aliphatic heterocycles. The second kappa shape index (κ2) is 12.5. The van der Waals surface area contributed by atoms with E-state index in [1.165, 1.54) is 0 Å². The summed E-state index contributed by atoms with van der Waals surface area (Å²) in [6, 6.07) is 6.01. The van der Waals surface area contributed by atoms with Gasteiger partial charge in [0.05, 0.1) is 17.1 Å². The standard InChI is InChI=1S/C19H33N3O4S.HI/c1-15-7-8-16(17(13-15)26-11-10-25-6)14-22-18(20-5)21-9-12-27(23,24)19(2,3)4;/h7-8,13H,9-12,14H2,1-6H3,(H2,20,21,22);1H. The molecule has 0 amide bonds. The van der Waals surface area contributed by atoms with Gasteiger partial charge in [-0.25, -0.2) is 8.42 Å². The van der Waals surface area contributed by atoms with Crippen molar-refractivity contribution < 1.29 is 17.9 Å². The summed E-state index contributed by atoms with van der Waals surface area (Å²) in [7, 11) is 0.118. The highest BCUT2D eigenvalue weighted by Gasteiger charge is 2.28. The normalized spacial score (nSPS) is 12.3. The van der Waals surface area contributed by atoms with E-state index in [1.807, 2.05) is 25.1 Å². The summed E-state index contributed by atoms with van der Waals surface area (Å²) >= 11 is 0. The van der Waals surface area contributed by atoms with E-state index in [0.29, 0.717) is 32.3 Å². The largest absolute Gasteiger partial charge is 0.491 e. The molecule has 0 radical (unpaired) electrons. The fraction of sp³-hybridized carbons (Fsp3) is 0.632. The molecule has 0 aromatic heterocycles. The number of aliphatic imine (C=N–C) groups is 1. The maximum atomic E-state index is 12.2. The molecule has 0 saturated heterocycles. The third-order valence-electron chi connectivity index (χ3n) is 4.03. The molecule has 0 aliphatic carbocycles. The molecule has 9 heteroatoms. The molecule has 162 valence electrons. The van der Waals surface area contributed by atoms with Crippen LogP contribution in [-0.2, 0) is 21.1 Å². The van der Waals surface area contributed by atoms with Crippen LogP contribution in [0.1, 0.15) is 31.9 Å². The Bertz CT molecular complexity index is 731. The zero-order valence-electron chi connectivity index (χ0n) is 17.7. The lowest BCUT2D eigenvalue weighted by Gasteiger charge is -2.20. The highest BCUT2D eigenvalue weighted by atomic mass is 127. The van der Waals surface area contributed by atoms with Gasteiger partial charge in [0.15, 0.2) is 15.8 Å². The van der Waals surface area contributed by atoms with E-state index in [1.54, 1.807) is 34.9 Å². The predicted octanol–water partition coefficient (Wildman–Crippen LogP) is 2.52. The van der Waals surface area contributed by atoms with Crippen molar-refractivity contribution in [1.29, 1.82) is 0 Å². The molecule has 0 spiro atoms. The van der Waals surface area contributed by atoms with Crippen molar-refractivity contribution in [2.45, 2.75) is 39.0 Å². The number of halogens is 1. The number of methoxy groups -OCH3 is 1. The fourth-order valence-corrected chi connectivity index (χ4v) is 3.17. The first kappa shape index (κ1) is 26.9. The molecule has 0 fully saturated rings. The van der Waals surface area contributed by atoms with E-state index >= 15 is 0 Å². The van der Waals surface area contributed by atoms with E-state index in [2.05, 4.69) is 15.6 Å². The maximum absolute atomic E-state index is 12.2.